The van der Waals surface area contributed by atoms with Gasteiger partial charge in [-0.3, -0.25) is 28.5 Å². The highest BCUT2D eigenvalue weighted by Crippen LogP contribution is 2.39. The number of carbonyl (C=O) groups excluding carboxylic acids is 3. The van der Waals surface area contributed by atoms with Crippen LogP contribution in [0.4, 0.5) is 11.4 Å². The first-order valence-electron chi connectivity index (χ1n) is 14.1. The van der Waals surface area contributed by atoms with Gasteiger partial charge < -0.3 is 14.7 Å². The van der Waals surface area contributed by atoms with Crippen molar-refractivity contribution in [1.82, 2.24) is 19.0 Å². The Morgan fingerprint density at radius 2 is 1.64 bits per heavy atom. The number of imidazole rings is 1. The van der Waals surface area contributed by atoms with E-state index in [0.717, 1.165) is 16.6 Å². The zero-order chi connectivity index (χ0) is 30.2. The second kappa shape index (κ2) is 11.3. The van der Waals surface area contributed by atoms with E-state index in [1.165, 1.54) is 9.47 Å². The van der Waals surface area contributed by atoms with E-state index >= 15 is 0 Å². The molecule has 4 aromatic rings. The molecule has 5 rings (SSSR count). The second-order valence-electron chi connectivity index (χ2n) is 11.2. The number of carbonyl (C=O) groups is 3. The second-order valence-corrected chi connectivity index (χ2v) is 11.2. The van der Waals surface area contributed by atoms with Crippen LogP contribution >= 0.6 is 0 Å². The molecule has 218 valence electrons. The molecule has 0 saturated carbocycles. The average molecular weight is 569 g/mol. The molecule has 0 aliphatic carbocycles. The highest BCUT2D eigenvalue weighted by molar-refractivity contribution is 6.19. The smallest absolute Gasteiger partial charge is 0.329 e. The third-order valence-corrected chi connectivity index (χ3v) is 8.09. The van der Waals surface area contributed by atoms with E-state index in [1.54, 1.807) is 54.7 Å². The molecule has 1 aliphatic heterocycles. The predicted molar refractivity (Wildman–Crippen MR) is 162 cm³/mol. The molecule has 42 heavy (non-hydrogen) atoms. The molecule has 2 aromatic carbocycles. The van der Waals surface area contributed by atoms with Crippen LogP contribution in [0.15, 0.2) is 71.8 Å². The highest BCUT2D eigenvalue weighted by atomic mass is 16.2. The normalized spacial score (nSPS) is 14.7. The van der Waals surface area contributed by atoms with Gasteiger partial charge in [0.2, 0.25) is 17.7 Å². The van der Waals surface area contributed by atoms with Crippen LogP contribution in [-0.4, -0.2) is 56.9 Å². The fourth-order valence-corrected chi connectivity index (χ4v) is 5.62. The number of anilines is 2. The Hall–Kier alpha value is -4.73. The first-order chi connectivity index (χ1) is 20.0. The van der Waals surface area contributed by atoms with Gasteiger partial charge in [0.25, 0.3) is 0 Å². The van der Waals surface area contributed by atoms with Crippen LogP contribution in [0.3, 0.4) is 0 Å². The lowest BCUT2D eigenvalue weighted by Gasteiger charge is -2.27. The number of hydrogen-bond acceptors (Lipinski definition) is 5. The van der Waals surface area contributed by atoms with Gasteiger partial charge in [-0.1, -0.05) is 24.3 Å². The van der Waals surface area contributed by atoms with E-state index in [9.17, 15) is 19.2 Å². The van der Waals surface area contributed by atoms with E-state index in [4.69, 9.17) is 0 Å². The lowest BCUT2D eigenvalue weighted by molar-refractivity contribution is -0.137. The summed E-state index contributed by atoms with van der Waals surface area (Å²) < 4.78 is 3.05. The molecule has 2 aromatic heterocycles. The summed E-state index contributed by atoms with van der Waals surface area (Å²) in [6.07, 6.45) is 4.07. The minimum Gasteiger partial charge on any atom is -0.336 e. The van der Waals surface area contributed by atoms with Crippen LogP contribution < -0.4 is 15.5 Å². The van der Waals surface area contributed by atoms with E-state index in [1.807, 2.05) is 61.5 Å². The fraction of sp³-hybridized carbons (Fsp3) is 0.344. The van der Waals surface area contributed by atoms with Crippen LogP contribution in [0.25, 0.3) is 11.0 Å². The van der Waals surface area contributed by atoms with Crippen molar-refractivity contribution in [3.8, 4) is 0 Å². The summed E-state index contributed by atoms with van der Waals surface area (Å²) in [5, 5.41) is 0. The number of aryl methyl sites for hydroxylation is 1. The number of pyridine rings is 1. The number of hydrogen-bond donors (Lipinski definition) is 0. The van der Waals surface area contributed by atoms with Gasteiger partial charge in [-0.15, -0.1) is 0 Å². The lowest BCUT2D eigenvalue weighted by atomic mass is 9.90. The standard InChI is InChI=1S/C32H36N6O4/c1-6-37-26-14-13-23(18-27(26)34(4)29(40)32(2,3)30(37)41)20-36(17-15-22-10-9-16-33-19-22)28(39)21-38-25-12-8-7-11-24(25)35(5)31(38)42/h7-14,16,18-19H,6,15,17,20-21H2,1-5H3. The molecule has 0 atom stereocenters. The number of aromatic nitrogens is 3. The van der Waals surface area contributed by atoms with Crippen LogP contribution in [0.2, 0.25) is 0 Å². The molecule has 3 amide bonds. The summed E-state index contributed by atoms with van der Waals surface area (Å²) in [5.41, 5.74) is 3.06. The van der Waals surface area contributed by atoms with Gasteiger partial charge in [0.1, 0.15) is 12.0 Å². The maximum absolute atomic E-state index is 13.9. The molecule has 0 N–H and O–H groups in total. The van der Waals surface area contributed by atoms with E-state index in [0.29, 0.717) is 36.4 Å². The quantitative estimate of drug-likeness (QED) is 0.304. The third kappa shape index (κ3) is 5.08. The van der Waals surface area contributed by atoms with E-state index in [-0.39, 0.29) is 36.5 Å². The molecule has 0 fully saturated rings. The van der Waals surface area contributed by atoms with Crippen molar-refractivity contribution in [1.29, 1.82) is 0 Å². The zero-order valence-electron chi connectivity index (χ0n) is 24.7. The fourth-order valence-electron chi connectivity index (χ4n) is 5.62. The SMILES string of the molecule is CCN1C(=O)C(C)(C)C(=O)N(C)c2cc(CN(CCc3cccnc3)C(=O)Cn3c(=O)n(C)c4ccccc43)ccc21. The molecule has 0 radical (unpaired) electrons. The van der Waals surface area contributed by atoms with Crippen LogP contribution in [-0.2, 0) is 40.9 Å². The Balaban J connectivity index is 1.49. The number of para-hydroxylation sites is 2. The summed E-state index contributed by atoms with van der Waals surface area (Å²) in [6.45, 7) is 6.17. The molecule has 0 bridgehead atoms. The number of fused-ring (bicyclic) bond motifs is 2. The largest absolute Gasteiger partial charge is 0.336 e. The monoisotopic (exact) mass is 568 g/mol. The van der Waals surface area contributed by atoms with Gasteiger partial charge in [0.05, 0.1) is 22.4 Å². The summed E-state index contributed by atoms with van der Waals surface area (Å²) in [5.74, 6) is -0.743. The van der Waals surface area contributed by atoms with Gasteiger partial charge >= 0.3 is 5.69 Å². The van der Waals surface area contributed by atoms with Crippen molar-refractivity contribution < 1.29 is 14.4 Å². The van der Waals surface area contributed by atoms with Gasteiger partial charge in [-0.05, 0) is 68.7 Å². The molecule has 3 heterocycles. The molecular formula is C32H36N6O4. The van der Waals surface area contributed by atoms with Gasteiger partial charge in [-0.25, -0.2) is 4.79 Å². The third-order valence-electron chi connectivity index (χ3n) is 8.09. The zero-order valence-corrected chi connectivity index (χ0v) is 24.7. The topological polar surface area (TPSA) is 101 Å². The predicted octanol–water partition coefficient (Wildman–Crippen LogP) is 3.36. The highest BCUT2D eigenvalue weighted by Gasteiger charge is 2.45. The van der Waals surface area contributed by atoms with Gasteiger partial charge in [0.15, 0.2) is 0 Å². The maximum Gasteiger partial charge on any atom is 0.329 e. The summed E-state index contributed by atoms with van der Waals surface area (Å²) in [4.78, 5) is 62.6. The number of benzene rings is 2. The number of nitrogens with zero attached hydrogens (tertiary/aromatic N) is 6. The Morgan fingerprint density at radius 1 is 0.905 bits per heavy atom. The van der Waals surface area contributed by atoms with Crippen molar-refractivity contribution in [3.05, 3.63) is 88.6 Å². The molecular weight excluding hydrogens is 532 g/mol. The summed E-state index contributed by atoms with van der Waals surface area (Å²) in [6, 6.07) is 16.8. The van der Waals surface area contributed by atoms with Crippen molar-refractivity contribution in [2.24, 2.45) is 12.5 Å². The van der Waals surface area contributed by atoms with Gasteiger partial charge in [0, 0.05) is 46.1 Å². The molecule has 0 unspecified atom stereocenters. The number of amides is 3. The van der Waals surface area contributed by atoms with Crippen molar-refractivity contribution >= 4 is 40.1 Å². The summed E-state index contributed by atoms with van der Waals surface area (Å²) in [7, 11) is 3.38. The van der Waals surface area contributed by atoms with Crippen molar-refractivity contribution in [2.75, 3.05) is 29.9 Å². The van der Waals surface area contributed by atoms with Crippen molar-refractivity contribution in [3.63, 3.8) is 0 Å². The molecule has 10 heteroatoms. The Bertz CT molecular complexity index is 1720. The lowest BCUT2D eigenvalue weighted by Crippen LogP contribution is -2.47. The average Bonchev–Trinajstić information content (AvgIpc) is 3.21. The first kappa shape index (κ1) is 28.8. The minimum absolute atomic E-state index is 0.108. The Labute approximate surface area is 244 Å². The molecule has 10 nitrogen and oxygen atoms in total. The van der Waals surface area contributed by atoms with Crippen LogP contribution in [0, 0.1) is 5.41 Å². The van der Waals surface area contributed by atoms with E-state index in [2.05, 4.69) is 4.98 Å². The maximum atomic E-state index is 13.9. The molecule has 1 aliphatic rings. The Kier molecular flexibility index (Phi) is 7.73. The van der Waals surface area contributed by atoms with Crippen LogP contribution in [0.1, 0.15) is 31.9 Å². The van der Waals surface area contributed by atoms with Crippen molar-refractivity contribution in [2.45, 2.75) is 40.3 Å². The Morgan fingerprint density at radius 3 is 2.33 bits per heavy atom. The summed E-state index contributed by atoms with van der Waals surface area (Å²) >= 11 is 0. The van der Waals surface area contributed by atoms with Crippen LogP contribution in [0.5, 0.6) is 0 Å². The first-order valence-corrected chi connectivity index (χ1v) is 14.1. The number of rotatable bonds is 8. The molecule has 0 spiro atoms. The molecule has 0 saturated heterocycles. The minimum atomic E-state index is -1.21. The van der Waals surface area contributed by atoms with Gasteiger partial charge in [-0.2, -0.15) is 0 Å². The van der Waals surface area contributed by atoms with E-state index < -0.39 is 5.41 Å².